The Labute approximate surface area is 114 Å². The molecule has 0 aliphatic heterocycles. The van der Waals surface area contributed by atoms with Crippen LogP contribution >= 0.6 is 11.6 Å². The summed E-state index contributed by atoms with van der Waals surface area (Å²) in [5.74, 6) is -1.18. The second kappa shape index (κ2) is 5.28. The predicted octanol–water partition coefficient (Wildman–Crippen LogP) is 3.75. The number of aromatic hydroxyl groups is 1. The summed E-state index contributed by atoms with van der Waals surface area (Å²) in [5, 5.41) is 12.0. The Morgan fingerprint density at radius 2 is 2.05 bits per heavy atom. The van der Waals surface area contributed by atoms with Gasteiger partial charge in [-0.2, -0.15) is 0 Å². The molecule has 3 nitrogen and oxygen atoms in total. The number of para-hydroxylation sites is 1. The molecule has 0 saturated heterocycles. The van der Waals surface area contributed by atoms with E-state index in [9.17, 15) is 14.3 Å². The molecule has 2 aromatic carbocycles. The van der Waals surface area contributed by atoms with Crippen molar-refractivity contribution in [3.05, 3.63) is 58.4 Å². The van der Waals surface area contributed by atoms with Gasteiger partial charge in [0, 0.05) is 0 Å². The van der Waals surface area contributed by atoms with Crippen molar-refractivity contribution < 1.29 is 14.3 Å². The molecule has 0 bridgehead atoms. The van der Waals surface area contributed by atoms with Crippen LogP contribution < -0.4 is 5.32 Å². The van der Waals surface area contributed by atoms with Crippen LogP contribution in [0.5, 0.6) is 5.75 Å². The van der Waals surface area contributed by atoms with Gasteiger partial charge >= 0.3 is 0 Å². The summed E-state index contributed by atoms with van der Waals surface area (Å²) in [7, 11) is 0. The second-order valence-electron chi connectivity index (χ2n) is 4.05. The molecule has 0 aliphatic rings. The minimum absolute atomic E-state index is 0.0835. The van der Waals surface area contributed by atoms with Crippen molar-refractivity contribution in [1.82, 2.24) is 0 Å². The number of carbonyl (C=O) groups excluding carboxylic acids is 1. The lowest BCUT2D eigenvalue weighted by Crippen LogP contribution is -2.14. The van der Waals surface area contributed by atoms with Gasteiger partial charge in [0.05, 0.1) is 16.3 Å². The molecule has 2 aromatic rings. The highest BCUT2D eigenvalue weighted by molar-refractivity contribution is 6.34. The standard InChI is InChI=1S/C14H11ClFNO2/c1-8-3-2-4-12(16)13(8)17-14(19)10-7-9(18)5-6-11(10)15/h2-7,18H,1H3,(H,17,19). The van der Waals surface area contributed by atoms with Gasteiger partial charge in [0.1, 0.15) is 11.6 Å². The molecular weight excluding hydrogens is 269 g/mol. The average Bonchev–Trinajstić information content (AvgIpc) is 2.37. The first-order valence-electron chi connectivity index (χ1n) is 5.54. The fourth-order valence-electron chi connectivity index (χ4n) is 1.66. The van der Waals surface area contributed by atoms with Gasteiger partial charge in [0.2, 0.25) is 0 Å². The largest absolute Gasteiger partial charge is 0.508 e. The first-order valence-corrected chi connectivity index (χ1v) is 5.92. The lowest BCUT2D eigenvalue weighted by Gasteiger charge is -2.10. The zero-order valence-electron chi connectivity index (χ0n) is 10.1. The molecule has 98 valence electrons. The van der Waals surface area contributed by atoms with Crippen molar-refractivity contribution in [2.75, 3.05) is 5.32 Å². The zero-order chi connectivity index (χ0) is 14.0. The van der Waals surface area contributed by atoms with Crippen LogP contribution in [-0.4, -0.2) is 11.0 Å². The van der Waals surface area contributed by atoms with Crippen molar-refractivity contribution in [3.8, 4) is 5.75 Å². The highest BCUT2D eigenvalue weighted by atomic mass is 35.5. The van der Waals surface area contributed by atoms with E-state index >= 15 is 0 Å². The number of anilines is 1. The molecule has 2 N–H and O–H groups in total. The zero-order valence-corrected chi connectivity index (χ0v) is 10.8. The number of rotatable bonds is 2. The van der Waals surface area contributed by atoms with E-state index in [2.05, 4.69) is 5.32 Å². The second-order valence-corrected chi connectivity index (χ2v) is 4.46. The van der Waals surface area contributed by atoms with Gasteiger partial charge in [-0.15, -0.1) is 0 Å². The van der Waals surface area contributed by atoms with Crippen LogP contribution in [0.3, 0.4) is 0 Å². The number of nitrogens with one attached hydrogen (secondary N) is 1. The van der Waals surface area contributed by atoms with Gasteiger partial charge in [-0.25, -0.2) is 4.39 Å². The molecule has 0 aromatic heterocycles. The van der Waals surface area contributed by atoms with E-state index in [1.54, 1.807) is 19.1 Å². The van der Waals surface area contributed by atoms with Crippen molar-refractivity contribution in [1.29, 1.82) is 0 Å². The summed E-state index contributed by atoms with van der Waals surface area (Å²) in [4.78, 5) is 12.0. The SMILES string of the molecule is Cc1cccc(F)c1NC(=O)c1cc(O)ccc1Cl. The van der Waals surface area contributed by atoms with E-state index in [4.69, 9.17) is 11.6 Å². The lowest BCUT2D eigenvalue weighted by atomic mass is 10.1. The summed E-state index contributed by atoms with van der Waals surface area (Å²) < 4.78 is 13.6. The van der Waals surface area contributed by atoms with Crippen LogP contribution in [0.4, 0.5) is 10.1 Å². The molecule has 0 aliphatic carbocycles. The van der Waals surface area contributed by atoms with E-state index in [1.807, 2.05) is 0 Å². The van der Waals surface area contributed by atoms with E-state index in [1.165, 1.54) is 24.3 Å². The van der Waals surface area contributed by atoms with Gasteiger partial charge in [-0.05, 0) is 36.8 Å². The fraction of sp³-hybridized carbons (Fsp3) is 0.0714. The molecule has 5 heteroatoms. The first kappa shape index (κ1) is 13.4. The maximum atomic E-state index is 13.6. The number of benzene rings is 2. The number of phenols is 1. The Bertz CT molecular complexity index is 623. The molecule has 0 atom stereocenters. The molecule has 19 heavy (non-hydrogen) atoms. The van der Waals surface area contributed by atoms with Crippen molar-refractivity contribution in [2.24, 2.45) is 0 Å². The Balaban J connectivity index is 2.34. The number of carbonyl (C=O) groups is 1. The van der Waals surface area contributed by atoms with E-state index in [0.717, 1.165) is 0 Å². The predicted molar refractivity (Wildman–Crippen MR) is 72.2 cm³/mol. The van der Waals surface area contributed by atoms with E-state index in [-0.39, 0.29) is 22.0 Å². The fourth-order valence-corrected chi connectivity index (χ4v) is 1.86. The molecule has 2 rings (SSSR count). The highest BCUT2D eigenvalue weighted by Crippen LogP contribution is 2.24. The Hall–Kier alpha value is -2.07. The minimum Gasteiger partial charge on any atom is -0.508 e. The quantitative estimate of drug-likeness (QED) is 0.880. The molecule has 1 amide bonds. The third kappa shape index (κ3) is 2.85. The van der Waals surface area contributed by atoms with Gasteiger partial charge in [-0.1, -0.05) is 23.7 Å². The first-order chi connectivity index (χ1) is 8.99. The number of halogens is 2. The smallest absolute Gasteiger partial charge is 0.257 e. The van der Waals surface area contributed by atoms with Crippen molar-refractivity contribution >= 4 is 23.2 Å². The third-order valence-corrected chi connectivity index (χ3v) is 2.98. The maximum absolute atomic E-state index is 13.6. The number of hydrogen-bond donors (Lipinski definition) is 2. The topological polar surface area (TPSA) is 49.3 Å². The summed E-state index contributed by atoms with van der Waals surface area (Å²) >= 11 is 5.87. The maximum Gasteiger partial charge on any atom is 0.257 e. The van der Waals surface area contributed by atoms with Gasteiger partial charge < -0.3 is 10.4 Å². The van der Waals surface area contributed by atoms with Crippen molar-refractivity contribution in [2.45, 2.75) is 6.92 Å². The number of amides is 1. The number of phenolic OH excluding ortho intramolecular Hbond substituents is 1. The van der Waals surface area contributed by atoms with Crippen LogP contribution in [0.1, 0.15) is 15.9 Å². The highest BCUT2D eigenvalue weighted by Gasteiger charge is 2.14. The monoisotopic (exact) mass is 279 g/mol. The van der Waals surface area contributed by atoms with Crippen LogP contribution in [0.2, 0.25) is 5.02 Å². The van der Waals surface area contributed by atoms with Crippen LogP contribution in [-0.2, 0) is 0 Å². The van der Waals surface area contributed by atoms with Gasteiger partial charge in [0.25, 0.3) is 5.91 Å². The number of hydrogen-bond acceptors (Lipinski definition) is 2. The van der Waals surface area contributed by atoms with Crippen LogP contribution in [0.25, 0.3) is 0 Å². The summed E-state index contributed by atoms with van der Waals surface area (Å²) in [6.45, 7) is 1.68. The molecule has 0 unspecified atom stereocenters. The van der Waals surface area contributed by atoms with Crippen LogP contribution in [0, 0.1) is 12.7 Å². The molecule has 0 saturated carbocycles. The average molecular weight is 280 g/mol. The van der Waals surface area contributed by atoms with Crippen molar-refractivity contribution in [3.63, 3.8) is 0 Å². The van der Waals surface area contributed by atoms with Crippen LogP contribution in [0.15, 0.2) is 36.4 Å². The van der Waals surface area contributed by atoms with E-state index < -0.39 is 11.7 Å². The Morgan fingerprint density at radius 3 is 2.74 bits per heavy atom. The summed E-state index contributed by atoms with van der Waals surface area (Å²) in [6.07, 6.45) is 0. The summed E-state index contributed by atoms with van der Waals surface area (Å²) in [5.41, 5.74) is 0.792. The molecule has 0 heterocycles. The normalized spacial score (nSPS) is 10.3. The third-order valence-electron chi connectivity index (χ3n) is 2.66. The Morgan fingerprint density at radius 1 is 1.32 bits per heavy atom. The minimum atomic E-state index is -0.575. The lowest BCUT2D eigenvalue weighted by molar-refractivity contribution is 0.102. The molecule has 0 radical (unpaired) electrons. The molecule has 0 fully saturated rings. The molecular formula is C14H11ClFNO2. The summed E-state index contributed by atoms with van der Waals surface area (Å²) in [6, 6.07) is 8.50. The Kier molecular flexibility index (Phi) is 3.71. The molecule has 0 spiro atoms. The van der Waals surface area contributed by atoms with Gasteiger partial charge in [-0.3, -0.25) is 4.79 Å². The van der Waals surface area contributed by atoms with E-state index in [0.29, 0.717) is 5.56 Å². The number of aryl methyl sites for hydroxylation is 1. The van der Waals surface area contributed by atoms with Gasteiger partial charge in [0.15, 0.2) is 0 Å².